The summed E-state index contributed by atoms with van der Waals surface area (Å²) >= 11 is 0. The number of ether oxygens (including phenoxy) is 2. The zero-order valence-electron chi connectivity index (χ0n) is 14.2. The lowest BCUT2D eigenvalue weighted by Gasteiger charge is -2.33. The molecule has 1 fully saturated rings. The van der Waals surface area contributed by atoms with Crippen LogP contribution in [-0.4, -0.2) is 74.5 Å². The van der Waals surface area contributed by atoms with Crippen molar-refractivity contribution in [2.75, 3.05) is 53.5 Å². The summed E-state index contributed by atoms with van der Waals surface area (Å²) < 4.78 is 11.1. The summed E-state index contributed by atoms with van der Waals surface area (Å²) in [5.41, 5.74) is 1.13. The Morgan fingerprint density at radius 1 is 1.26 bits per heavy atom. The third kappa shape index (κ3) is 5.53. The summed E-state index contributed by atoms with van der Waals surface area (Å²) in [6, 6.07) is 5.83. The normalized spacial score (nSPS) is 17.7. The second kappa shape index (κ2) is 8.91. The first-order chi connectivity index (χ1) is 11.1. The molecule has 0 spiro atoms. The Labute approximate surface area is 139 Å². The predicted molar refractivity (Wildman–Crippen MR) is 92.3 cm³/mol. The van der Waals surface area contributed by atoms with Crippen molar-refractivity contribution in [3.8, 4) is 11.5 Å². The van der Waals surface area contributed by atoms with E-state index < -0.39 is 6.10 Å². The van der Waals surface area contributed by atoms with E-state index in [2.05, 4.69) is 23.4 Å². The largest absolute Gasteiger partial charge is 0.493 e. The van der Waals surface area contributed by atoms with Crippen LogP contribution in [-0.2, 0) is 6.42 Å². The van der Waals surface area contributed by atoms with Crippen LogP contribution in [0, 0.1) is 0 Å². The average Bonchev–Trinajstić information content (AvgIpc) is 2.56. The highest BCUT2D eigenvalue weighted by molar-refractivity contribution is 5.43. The third-order valence-corrected chi connectivity index (χ3v) is 4.10. The van der Waals surface area contributed by atoms with E-state index in [0.717, 1.165) is 38.2 Å². The molecule has 0 aliphatic carbocycles. The van der Waals surface area contributed by atoms with Crippen LogP contribution in [0.25, 0.3) is 0 Å². The van der Waals surface area contributed by atoms with E-state index in [-0.39, 0.29) is 6.61 Å². The molecule has 1 heterocycles. The number of nitrogens with zero attached hydrogens (tertiary/aromatic N) is 2. The first kappa shape index (κ1) is 17.8. The van der Waals surface area contributed by atoms with Gasteiger partial charge in [0.1, 0.15) is 12.7 Å². The summed E-state index contributed by atoms with van der Waals surface area (Å²) in [6.45, 7) is 8.73. The van der Waals surface area contributed by atoms with Gasteiger partial charge in [-0.1, -0.05) is 12.1 Å². The fourth-order valence-corrected chi connectivity index (χ4v) is 2.69. The molecule has 2 rings (SSSR count). The van der Waals surface area contributed by atoms with E-state index in [1.807, 2.05) is 24.3 Å². The highest BCUT2D eigenvalue weighted by Gasteiger charge is 2.17. The van der Waals surface area contributed by atoms with Gasteiger partial charge < -0.3 is 19.5 Å². The molecular formula is C18H28N2O3. The zero-order valence-corrected chi connectivity index (χ0v) is 14.2. The number of aliphatic hydroxyl groups excluding tert-OH is 1. The van der Waals surface area contributed by atoms with Crippen molar-refractivity contribution >= 4 is 0 Å². The topological polar surface area (TPSA) is 45.2 Å². The van der Waals surface area contributed by atoms with Crippen LogP contribution in [0.5, 0.6) is 11.5 Å². The summed E-state index contributed by atoms with van der Waals surface area (Å²) in [6.07, 6.45) is 2.15. The molecular weight excluding hydrogens is 292 g/mol. The van der Waals surface area contributed by atoms with Crippen LogP contribution >= 0.6 is 0 Å². The molecule has 1 aliphatic rings. The van der Waals surface area contributed by atoms with Crippen molar-refractivity contribution in [3.63, 3.8) is 0 Å². The Morgan fingerprint density at radius 2 is 2.00 bits per heavy atom. The maximum atomic E-state index is 10.2. The first-order valence-electron chi connectivity index (χ1n) is 8.12. The number of likely N-dealkylation sites (N-methyl/N-ethyl adjacent to an activating group) is 1. The van der Waals surface area contributed by atoms with Crippen molar-refractivity contribution in [1.82, 2.24) is 9.80 Å². The maximum Gasteiger partial charge on any atom is 0.161 e. The highest BCUT2D eigenvalue weighted by Crippen LogP contribution is 2.28. The molecule has 1 saturated heterocycles. The molecule has 0 bridgehead atoms. The summed E-state index contributed by atoms with van der Waals surface area (Å²) in [4.78, 5) is 4.58. The third-order valence-electron chi connectivity index (χ3n) is 4.10. The Bertz CT molecular complexity index is 499. The first-order valence-corrected chi connectivity index (χ1v) is 8.12. The van der Waals surface area contributed by atoms with Crippen molar-refractivity contribution in [3.05, 3.63) is 36.4 Å². The standard InChI is InChI=1S/C18H28N2O3/c1-4-5-15-6-7-17(18(12-15)22-3)23-14-16(21)13-20-10-8-19(2)9-11-20/h4,6-7,12,16,21H,1,5,8-11,13-14H2,2-3H3/t16-/m0/s1. The molecule has 0 saturated carbocycles. The number of piperazine rings is 1. The fraction of sp³-hybridized carbons (Fsp3) is 0.556. The molecule has 0 aromatic heterocycles. The molecule has 5 heteroatoms. The fourth-order valence-electron chi connectivity index (χ4n) is 2.69. The summed E-state index contributed by atoms with van der Waals surface area (Å²) in [5, 5.41) is 10.2. The van der Waals surface area contributed by atoms with Crippen LogP contribution < -0.4 is 9.47 Å². The van der Waals surface area contributed by atoms with Gasteiger partial charge in [-0.15, -0.1) is 6.58 Å². The summed E-state index contributed by atoms with van der Waals surface area (Å²) in [5.74, 6) is 1.36. The lowest BCUT2D eigenvalue weighted by molar-refractivity contribution is 0.0498. The Kier molecular flexibility index (Phi) is 6.89. The molecule has 1 N–H and O–H groups in total. The highest BCUT2D eigenvalue weighted by atomic mass is 16.5. The number of hydrogen-bond donors (Lipinski definition) is 1. The van der Waals surface area contributed by atoms with E-state index in [9.17, 15) is 5.11 Å². The molecule has 0 amide bonds. The Hall–Kier alpha value is -1.56. The zero-order chi connectivity index (χ0) is 16.7. The van der Waals surface area contributed by atoms with Crippen molar-refractivity contribution in [2.24, 2.45) is 0 Å². The van der Waals surface area contributed by atoms with Gasteiger partial charge in [0, 0.05) is 32.7 Å². The lowest BCUT2D eigenvalue weighted by Crippen LogP contribution is -2.47. The maximum absolute atomic E-state index is 10.2. The average molecular weight is 320 g/mol. The molecule has 1 aromatic carbocycles. The van der Waals surface area contributed by atoms with Crippen LogP contribution in [0.4, 0.5) is 0 Å². The van der Waals surface area contributed by atoms with Gasteiger partial charge in [-0.3, -0.25) is 4.90 Å². The van der Waals surface area contributed by atoms with E-state index in [4.69, 9.17) is 9.47 Å². The van der Waals surface area contributed by atoms with Gasteiger partial charge in [0.2, 0.25) is 0 Å². The lowest BCUT2D eigenvalue weighted by atomic mass is 10.1. The van der Waals surface area contributed by atoms with Gasteiger partial charge in [0.25, 0.3) is 0 Å². The number of aliphatic hydroxyl groups is 1. The van der Waals surface area contributed by atoms with E-state index in [1.54, 1.807) is 7.11 Å². The van der Waals surface area contributed by atoms with E-state index in [0.29, 0.717) is 18.0 Å². The van der Waals surface area contributed by atoms with E-state index >= 15 is 0 Å². The minimum Gasteiger partial charge on any atom is -0.493 e. The SMILES string of the molecule is C=CCc1ccc(OC[C@@H](O)CN2CCN(C)CC2)c(OC)c1. The van der Waals surface area contributed by atoms with Gasteiger partial charge in [-0.2, -0.15) is 0 Å². The van der Waals surface area contributed by atoms with Crippen molar-refractivity contribution in [2.45, 2.75) is 12.5 Å². The molecule has 23 heavy (non-hydrogen) atoms. The molecule has 1 atom stereocenters. The second-order valence-electron chi connectivity index (χ2n) is 6.05. The van der Waals surface area contributed by atoms with Crippen LogP contribution in [0.1, 0.15) is 5.56 Å². The van der Waals surface area contributed by atoms with Crippen LogP contribution in [0.2, 0.25) is 0 Å². The quantitative estimate of drug-likeness (QED) is 0.734. The Morgan fingerprint density at radius 3 is 2.65 bits per heavy atom. The van der Waals surface area contributed by atoms with E-state index in [1.165, 1.54) is 0 Å². The van der Waals surface area contributed by atoms with Crippen LogP contribution in [0.3, 0.4) is 0 Å². The number of methoxy groups -OCH3 is 1. The smallest absolute Gasteiger partial charge is 0.161 e. The minimum absolute atomic E-state index is 0.267. The molecule has 1 aliphatic heterocycles. The monoisotopic (exact) mass is 320 g/mol. The molecule has 5 nitrogen and oxygen atoms in total. The van der Waals surface area contributed by atoms with Gasteiger partial charge >= 0.3 is 0 Å². The summed E-state index contributed by atoms with van der Waals surface area (Å²) in [7, 11) is 3.75. The van der Waals surface area contributed by atoms with Gasteiger partial charge in [0.15, 0.2) is 11.5 Å². The van der Waals surface area contributed by atoms with Gasteiger partial charge in [-0.25, -0.2) is 0 Å². The molecule has 128 valence electrons. The minimum atomic E-state index is -0.504. The molecule has 1 aromatic rings. The van der Waals surface area contributed by atoms with Crippen LogP contribution in [0.15, 0.2) is 30.9 Å². The second-order valence-corrected chi connectivity index (χ2v) is 6.05. The number of allylic oxidation sites excluding steroid dienone is 1. The Balaban J connectivity index is 1.83. The predicted octanol–water partition coefficient (Wildman–Crippen LogP) is 1.41. The number of benzene rings is 1. The van der Waals surface area contributed by atoms with Crippen molar-refractivity contribution < 1.29 is 14.6 Å². The number of rotatable bonds is 8. The van der Waals surface area contributed by atoms with Gasteiger partial charge in [0.05, 0.1) is 7.11 Å². The van der Waals surface area contributed by atoms with Gasteiger partial charge in [-0.05, 0) is 31.2 Å². The number of hydrogen-bond acceptors (Lipinski definition) is 5. The van der Waals surface area contributed by atoms with Crippen molar-refractivity contribution in [1.29, 1.82) is 0 Å². The molecule has 0 unspecified atom stereocenters. The number of β-amino-alcohol motifs (C(OH)–C–C–N with tert-alkyl or cyclic N) is 1. The molecule has 0 radical (unpaired) electrons.